The number of fused-ring (bicyclic) bond motifs is 1. The molecule has 0 aliphatic carbocycles. The number of nitrogens with zero attached hydrogens (tertiary/aromatic N) is 6. The third-order valence-electron chi connectivity index (χ3n) is 5.22. The van der Waals surface area contributed by atoms with E-state index in [-0.39, 0.29) is 23.7 Å². The van der Waals surface area contributed by atoms with Gasteiger partial charge in [0, 0.05) is 36.9 Å². The number of piperidine rings is 1. The molecule has 0 bridgehead atoms. The number of nitrogens with one attached hydrogen (secondary N) is 1. The molecule has 0 radical (unpaired) electrons. The summed E-state index contributed by atoms with van der Waals surface area (Å²) in [6.07, 6.45) is 3.50. The molecule has 1 unspecified atom stereocenters. The smallest absolute Gasteiger partial charge is 0.404 e. The van der Waals surface area contributed by atoms with E-state index in [1.807, 2.05) is 4.90 Å². The molecular weight excluding hydrogens is 413 g/mol. The molecular formula is C19H19F3N8O. The molecule has 4 rings (SSSR count). The maximum atomic E-state index is 13.1. The Morgan fingerprint density at radius 1 is 1.26 bits per heavy atom. The summed E-state index contributed by atoms with van der Waals surface area (Å²) in [5.41, 5.74) is 4.02. The number of hydrogen-bond donors (Lipinski definition) is 3. The quantitative estimate of drug-likeness (QED) is 0.538. The first kappa shape index (κ1) is 20.7. The van der Waals surface area contributed by atoms with E-state index in [0.717, 1.165) is 18.6 Å². The van der Waals surface area contributed by atoms with Gasteiger partial charge in [-0.1, -0.05) is 0 Å². The van der Waals surface area contributed by atoms with Crippen LogP contribution in [-0.2, 0) is 6.18 Å². The lowest BCUT2D eigenvalue weighted by molar-refractivity contribution is -0.141. The SMILES string of the molecule is N=CC(=CN)C1(O)CCCN(c2ccnc(-c3cnc4cnc(C(F)(F)F)cn34)n2)C1. The zero-order chi connectivity index (χ0) is 22.2. The molecule has 1 saturated heterocycles. The fourth-order valence-corrected chi connectivity index (χ4v) is 3.65. The van der Waals surface area contributed by atoms with Crippen LogP contribution in [0, 0.1) is 5.41 Å². The lowest BCUT2D eigenvalue weighted by Gasteiger charge is -2.40. The lowest BCUT2D eigenvalue weighted by atomic mass is 9.86. The van der Waals surface area contributed by atoms with Gasteiger partial charge in [0.05, 0.1) is 18.9 Å². The number of aromatic nitrogens is 5. The molecule has 1 aliphatic rings. The van der Waals surface area contributed by atoms with Crippen LogP contribution in [0.25, 0.3) is 17.2 Å². The average molecular weight is 432 g/mol. The van der Waals surface area contributed by atoms with Gasteiger partial charge in [-0.3, -0.25) is 4.40 Å². The monoisotopic (exact) mass is 432 g/mol. The summed E-state index contributed by atoms with van der Waals surface area (Å²) < 4.78 is 40.5. The van der Waals surface area contributed by atoms with E-state index >= 15 is 0 Å². The molecule has 4 heterocycles. The van der Waals surface area contributed by atoms with Gasteiger partial charge in [-0.05, 0) is 18.9 Å². The first-order valence-electron chi connectivity index (χ1n) is 9.39. The highest BCUT2D eigenvalue weighted by Crippen LogP contribution is 2.31. The highest BCUT2D eigenvalue weighted by atomic mass is 19.4. The van der Waals surface area contributed by atoms with E-state index in [0.29, 0.717) is 30.8 Å². The van der Waals surface area contributed by atoms with Crippen LogP contribution in [-0.4, -0.2) is 54.3 Å². The van der Waals surface area contributed by atoms with E-state index in [2.05, 4.69) is 19.9 Å². The number of alkyl halides is 3. The number of halogens is 3. The molecule has 162 valence electrons. The van der Waals surface area contributed by atoms with Crippen molar-refractivity contribution in [2.75, 3.05) is 18.0 Å². The first-order chi connectivity index (χ1) is 14.7. The van der Waals surface area contributed by atoms with E-state index < -0.39 is 17.5 Å². The van der Waals surface area contributed by atoms with Gasteiger partial charge in [0.25, 0.3) is 0 Å². The first-order valence-corrected chi connectivity index (χ1v) is 9.39. The molecule has 3 aromatic heterocycles. The molecule has 0 amide bonds. The van der Waals surface area contributed by atoms with Crippen molar-refractivity contribution < 1.29 is 18.3 Å². The number of imidazole rings is 1. The minimum Gasteiger partial charge on any atom is -0.404 e. The molecule has 4 N–H and O–H groups in total. The molecule has 0 saturated carbocycles. The summed E-state index contributed by atoms with van der Waals surface area (Å²) in [6.45, 7) is 0.765. The summed E-state index contributed by atoms with van der Waals surface area (Å²) in [5.74, 6) is 0.671. The number of rotatable bonds is 4. The molecule has 9 nitrogen and oxygen atoms in total. The lowest BCUT2D eigenvalue weighted by Crippen LogP contribution is -2.50. The Kier molecular flexibility index (Phi) is 5.09. The Morgan fingerprint density at radius 2 is 2.06 bits per heavy atom. The number of hydrogen-bond acceptors (Lipinski definition) is 8. The highest BCUT2D eigenvalue weighted by Gasteiger charge is 2.37. The summed E-state index contributed by atoms with van der Waals surface area (Å²) in [4.78, 5) is 18.0. The van der Waals surface area contributed by atoms with Crippen LogP contribution < -0.4 is 10.6 Å². The topological polar surface area (TPSA) is 129 Å². The zero-order valence-electron chi connectivity index (χ0n) is 16.2. The Balaban J connectivity index is 1.70. The summed E-state index contributed by atoms with van der Waals surface area (Å²) in [7, 11) is 0. The minimum absolute atomic E-state index is 0.164. The van der Waals surface area contributed by atoms with Crippen molar-refractivity contribution in [2.45, 2.75) is 24.6 Å². The minimum atomic E-state index is -4.60. The summed E-state index contributed by atoms with van der Waals surface area (Å²) in [6, 6.07) is 1.65. The van der Waals surface area contributed by atoms with Crippen molar-refractivity contribution in [1.82, 2.24) is 24.3 Å². The molecule has 12 heteroatoms. The van der Waals surface area contributed by atoms with Crippen LogP contribution >= 0.6 is 0 Å². The second-order valence-electron chi connectivity index (χ2n) is 7.20. The second-order valence-corrected chi connectivity index (χ2v) is 7.20. The number of aliphatic hydroxyl groups is 1. The predicted molar refractivity (Wildman–Crippen MR) is 106 cm³/mol. The number of β-amino-alcohol motifs (C(OH)–C–C–N with tert-alkyl or cyclic N) is 1. The third kappa shape index (κ3) is 3.81. The van der Waals surface area contributed by atoms with Gasteiger partial charge in [-0.25, -0.2) is 19.9 Å². The van der Waals surface area contributed by atoms with E-state index in [4.69, 9.17) is 11.1 Å². The molecule has 0 aromatic carbocycles. The predicted octanol–water partition coefficient (Wildman–Crippen LogP) is 2.03. The van der Waals surface area contributed by atoms with Crippen LogP contribution in [0.3, 0.4) is 0 Å². The molecule has 1 atom stereocenters. The van der Waals surface area contributed by atoms with Crippen molar-refractivity contribution in [3.63, 3.8) is 0 Å². The average Bonchev–Trinajstić information content (AvgIpc) is 3.17. The fraction of sp³-hybridized carbons (Fsp3) is 0.316. The largest absolute Gasteiger partial charge is 0.434 e. The normalized spacial score (nSPS) is 20.3. The van der Waals surface area contributed by atoms with Gasteiger partial charge in [0.2, 0.25) is 0 Å². The Labute approximate surface area is 174 Å². The number of nitrogens with two attached hydrogens (primary N) is 1. The zero-order valence-corrected chi connectivity index (χ0v) is 16.2. The third-order valence-corrected chi connectivity index (χ3v) is 5.22. The summed E-state index contributed by atoms with van der Waals surface area (Å²) in [5, 5.41) is 18.4. The van der Waals surface area contributed by atoms with Crippen molar-refractivity contribution in [1.29, 1.82) is 5.41 Å². The van der Waals surface area contributed by atoms with Crippen molar-refractivity contribution in [3.8, 4) is 11.5 Å². The molecule has 0 spiro atoms. The molecule has 1 aliphatic heterocycles. The Bertz CT molecular complexity index is 1160. The van der Waals surface area contributed by atoms with Gasteiger partial charge >= 0.3 is 6.18 Å². The van der Waals surface area contributed by atoms with Crippen LogP contribution in [0.2, 0.25) is 0 Å². The Morgan fingerprint density at radius 3 is 2.77 bits per heavy atom. The Hall–Kier alpha value is -3.54. The highest BCUT2D eigenvalue weighted by molar-refractivity contribution is 5.79. The van der Waals surface area contributed by atoms with E-state index in [9.17, 15) is 18.3 Å². The van der Waals surface area contributed by atoms with Gasteiger partial charge in [-0.2, -0.15) is 13.2 Å². The van der Waals surface area contributed by atoms with Gasteiger partial charge < -0.3 is 21.1 Å². The molecule has 1 fully saturated rings. The van der Waals surface area contributed by atoms with Crippen LogP contribution in [0.5, 0.6) is 0 Å². The van der Waals surface area contributed by atoms with Crippen molar-refractivity contribution >= 4 is 17.7 Å². The van der Waals surface area contributed by atoms with Crippen molar-refractivity contribution in [2.24, 2.45) is 5.73 Å². The van der Waals surface area contributed by atoms with E-state index in [1.165, 1.54) is 23.0 Å². The van der Waals surface area contributed by atoms with Crippen LogP contribution in [0.4, 0.5) is 19.0 Å². The van der Waals surface area contributed by atoms with Crippen LogP contribution in [0.1, 0.15) is 18.5 Å². The maximum absolute atomic E-state index is 13.1. The van der Waals surface area contributed by atoms with Crippen molar-refractivity contribution in [3.05, 3.63) is 48.3 Å². The molecule has 3 aromatic rings. The van der Waals surface area contributed by atoms with Gasteiger partial charge in [-0.15, -0.1) is 0 Å². The standard InChI is InChI=1S/C19H19F3N8O/c20-19(21,22)14-10-30-13(8-27-16(30)9-26-14)17-25-4-2-15(28-17)29-5-1-3-18(31,11-29)12(6-23)7-24/h2,4,6-10,23,31H,1,3,5,11,24H2. The second kappa shape index (κ2) is 7.61. The van der Waals surface area contributed by atoms with Crippen LogP contribution in [0.15, 0.2) is 42.6 Å². The summed E-state index contributed by atoms with van der Waals surface area (Å²) >= 11 is 0. The van der Waals surface area contributed by atoms with E-state index in [1.54, 1.807) is 6.07 Å². The molecule has 31 heavy (non-hydrogen) atoms. The number of anilines is 1. The maximum Gasteiger partial charge on any atom is 0.434 e. The van der Waals surface area contributed by atoms with Gasteiger partial charge in [0.1, 0.15) is 17.1 Å². The van der Waals surface area contributed by atoms with Gasteiger partial charge in [0.15, 0.2) is 17.2 Å². The fourth-order valence-electron chi connectivity index (χ4n) is 3.65.